The maximum atomic E-state index is 12.0. The van der Waals surface area contributed by atoms with Gasteiger partial charge in [-0.2, -0.15) is 0 Å². The fraction of sp³-hybridized carbons (Fsp3) is 0.500. The van der Waals surface area contributed by atoms with Crippen LogP contribution in [0, 0.1) is 17.8 Å². The molecule has 18 heavy (non-hydrogen) atoms. The number of fused-ring (bicyclic) bond motifs is 1. The van der Waals surface area contributed by atoms with Crippen molar-refractivity contribution in [2.75, 3.05) is 5.32 Å². The predicted molar refractivity (Wildman–Crippen MR) is 61.9 cm³/mol. The van der Waals surface area contributed by atoms with Gasteiger partial charge in [0.15, 0.2) is 11.5 Å². The van der Waals surface area contributed by atoms with Gasteiger partial charge in [0.1, 0.15) is 0 Å². The number of rotatable bonds is 3. The van der Waals surface area contributed by atoms with Gasteiger partial charge >= 0.3 is 5.97 Å². The van der Waals surface area contributed by atoms with Gasteiger partial charge in [-0.05, 0) is 31.1 Å². The number of carboxylic acids is 1. The van der Waals surface area contributed by atoms with E-state index in [0.717, 1.165) is 12.8 Å². The number of hydrogen-bond acceptors (Lipinski definition) is 4. The first kappa shape index (κ1) is 11.1. The monoisotopic (exact) mass is 247 g/mol. The molecule has 2 fully saturated rings. The molecule has 2 unspecified atom stereocenters. The first-order chi connectivity index (χ1) is 8.65. The van der Waals surface area contributed by atoms with Crippen molar-refractivity contribution in [3.8, 4) is 0 Å². The number of nitrogens with one attached hydrogen (secondary N) is 1. The Morgan fingerprint density at radius 1 is 1.17 bits per heavy atom. The molecular formula is C12H13N3O3. The molecule has 3 rings (SSSR count). The normalized spacial score (nSPS) is 28.6. The van der Waals surface area contributed by atoms with Crippen molar-refractivity contribution in [3.63, 3.8) is 0 Å². The number of aromatic carboxylic acids is 1. The Bertz CT molecular complexity index is 507. The molecule has 94 valence electrons. The van der Waals surface area contributed by atoms with Gasteiger partial charge < -0.3 is 10.4 Å². The number of aromatic nitrogens is 2. The van der Waals surface area contributed by atoms with E-state index in [0.29, 0.717) is 11.8 Å². The predicted octanol–water partition coefficient (Wildman–Crippen LogP) is 1.16. The van der Waals surface area contributed by atoms with E-state index in [9.17, 15) is 9.59 Å². The molecule has 0 spiro atoms. The molecule has 6 heteroatoms. The molecule has 2 atom stereocenters. The number of carboxylic acid groups (broad SMARTS) is 1. The molecule has 1 aromatic rings. The third kappa shape index (κ3) is 1.94. The smallest absolute Gasteiger partial charge is 0.358 e. The molecule has 0 aromatic carbocycles. The summed E-state index contributed by atoms with van der Waals surface area (Å²) in [4.78, 5) is 30.5. The highest BCUT2D eigenvalue weighted by atomic mass is 16.4. The van der Waals surface area contributed by atoms with Gasteiger partial charge in [0, 0.05) is 18.3 Å². The number of carbonyl (C=O) groups excluding carboxylic acids is 1. The van der Waals surface area contributed by atoms with Crippen LogP contribution in [0.1, 0.15) is 29.8 Å². The van der Waals surface area contributed by atoms with Gasteiger partial charge in [-0.15, -0.1) is 0 Å². The van der Waals surface area contributed by atoms with Crippen molar-refractivity contribution in [1.82, 2.24) is 9.97 Å². The van der Waals surface area contributed by atoms with Gasteiger partial charge in [-0.25, -0.2) is 14.8 Å². The fourth-order valence-electron chi connectivity index (χ4n) is 2.73. The van der Waals surface area contributed by atoms with Gasteiger partial charge in [0.05, 0.1) is 0 Å². The van der Waals surface area contributed by atoms with Crippen LogP contribution in [0.25, 0.3) is 0 Å². The number of hydrogen-bond donors (Lipinski definition) is 2. The van der Waals surface area contributed by atoms with Crippen LogP contribution in [0.15, 0.2) is 12.4 Å². The van der Waals surface area contributed by atoms with Crippen molar-refractivity contribution in [2.24, 2.45) is 17.8 Å². The van der Waals surface area contributed by atoms with Crippen LogP contribution in [-0.4, -0.2) is 27.0 Å². The first-order valence-electron chi connectivity index (χ1n) is 6.00. The summed E-state index contributed by atoms with van der Waals surface area (Å²) in [5.74, 6) is 0.133. The second-order valence-corrected chi connectivity index (χ2v) is 4.97. The lowest BCUT2D eigenvalue weighted by Crippen LogP contribution is -2.24. The highest BCUT2D eigenvalue weighted by Crippen LogP contribution is 2.54. The lowest BCUT2D eigenvalue weighted by molar-refractivity contribution is -0.120. The topological polar surface area (TPSA) is 92.2 Å². The van der Waals surface area contributed by atoms with E-state index in [-0.39, 0.29) is 23.3 Å². The minimum atomic E-state index is -1.19. The average Bonchev–Trinajstić information content (AvgIpc) is 2.96. The largest absolute Gasteiger partial charge is 0.476 e. The second kappa shape index (κ2) is 4.04. The van der Waals surface area contributed by atoms with Crippen molar-refractivity contribution >= 4 is 17.7 Å². The van der Waals surface area contributed by atoms with E-state index in [2.05, 4.69) is 15.3 Å². The molecule has 1 amide bonds. The van der Waals surface area contributed by atoms with Gasteiger partial charge in [-0.1, -0.05) is 0 Å². The van der Waals surface area contributed by atoms with E-state index in [4.69, 9.17) is 5.11 Å². The van der Waals surface area contributed by atoms with E-state index in [1.165, 1.54) is 18.8 Å². The summed E-state index contributed by atoms with van der Waals surface area (Å²) >= 11 is 0. The number of carbonyl (C=O) groups is 2. The Morgan fingerprint density at radius 2 is 1.83 bits per heavy atom. The Kier molecular flexibility index (Phi) is 2.50. The summed E-state index contributed by atoms with van der Waals surface area (Å²) in [5.41, 5.74) is -0.214. The number of amides is 1. The average molecular weight is 247 g/mol. The van der Waals surface area contributed by atoms with E-state index < -0.39 is 5.97 Å². The highest BCUT2D eigenvalue weighted by Gasteiger charge is 2.48. The molecule has 0 saturated heterocycles. The maximum absolute atomic E-state index is 12.0. The standard InChI is InChI=1S/C12H13N3O3/c16-11(8-4-6-3-7(6)5-8)15-10-9(12(17)18)13-1-2-14-10/h1-2,6-8H,3-5H2,(H,17,18)(H,14,15,16). The van der Waals surface area contributed by atoms with Crippen LogP contribution < -0.4 is 5.32 Å². The maximum Gasteiger partial charge on any atom is 0.358 e. The molecule has 0 bridgehead atoms. The molecule has 2 N–H and O–H groups in total. The zero-order valence-electron chi connectivity index (χ0n) is 9.67. The number of anilines is 1. The third-order valence-electron chi connectivity index (χ3n) is 3.76. The Hall–Kier alpha value is -1.98. The Labute approximate surface area is 103 Å². The van der Waals surface area contributed by atoms with E-state index >= 15 is 0 Å². The summed E-state index contributed by atoms with van der Waals surface area (Å²) in [5, 5.41) is 11.5. The minimum Gasteiger partial charge on any atom is -0.476 e. The molecule has 6 nitrogen and oxygen atoms in total. The van der Waals surface area contributed by atoms with Crippen molar-refractivity contribution < 1.29 is 14.7 Å². The van der Waals surface area contributed by atoms with E-state index in [1.54, 1.807) is 0 Å². The highest BCUT2D eigenvalue weighted by molar-refractivity contribution is 5.98. The minimum absolute atomic E-state index is 0.00241. The van der Waals surface area contributed by atoms with Gasteiger partial charge in [0.2, 0.25) is 5.91 Å². The lowest BCUT2D eigenvalue weighted by Gasteiger charge is -2.12. The quantitative estimate of drug-likeness (QED) is 0.836. The second-order valence-electron chi connectivity index (χ2n) is 4.97. The Morgan fingerprint density at radius 3 is 2.50 bits per heavy atom. The van der Waals surface area contributed by atoms with Gasteiger partial charge in [0.25, 0.3) is 0 Å². The molecule has 0 aliphatic heterocycles. The van der Waals surface area contributed by atoms with Crippen LogP contribution >= 0.6 is 0 Å². The molecule has 1 heterocycles. The van der Waals surface area contributed by atoms with Crippen LogP contribution in [0.5, 0.6) is 0 Å². The fourth-order valence-corrected chi connectivity index (χ4v) is 2.73. The molecule has 2 saturated carbocycles. The summed E-state index contributed by atoms with van der Waals surface area (Å²) in [7, 11) is 0. The van der Waals surface area contributed by atoms with Crippen molar-refractivity contribution in [3.05, 3.63) is 18.1 Å². The van der Waals surface area contributed by atoms with Crippen molar-refractivity contribution in [2.45, 2.75) is 19.3 Å². The molecular weight excluding hydrogens is 234 g/mol. The summed E-state index contributed by atoms with van der Waals surface area (Å²) in [6.07, 6.45) is 5.74. The molecule has 1 aromatic heterocycles. The van der Waals surface area contributed by atoms with Crippen LogP contribution in [-0.2, 0) is 4.79 Å². The molecule has 2 aliphatic carbocycles. The SMILES string of the molecule is O=C(O)c1nccnc1NC(=O)C1CC2CC2C1. The van der Waals surface area contributed by atoms with Gasteiger partial charge in [-0.3, -0.25) is 4.79 Å². The summed E-state index contributed by atoms with van der Waals surface area (Å²) in [6.45, 7) is 0. The lowest BCUT2D eigenvalue weighted by atomic mass is 10.0. The third-order valence-corrected chi connectivity index (χ3v) is 3.76. The van der Waals surface area contributed by atoms with Crippen molar-refractivity contribution in [1.29, 1.82) is 0 Å². The summed E-state index contributed by atoms with van der Waals surface area (Å²) < 4.78 is 0. The summed E-state index contributed by atoms with van der Waals surface area (Å²) in [6, 6.07) is 0. The zero-order valence-corrected chi connectivity index (χ0v) is 9.67. The number of nitrogens with zero attached hydrogens (tertiary/aromatic N) is 2. The molecule has 2 aliphatic rings. The van der Waals surface area contributed by atoms with E-state index in [1.807, 2.05) is 0 Å². The van der Waals surface area contributed by atoms with Crippen LogP contribution in [0.4, 0.5) is 5.82 Å². The van der Waals surface area contributed by atoms with Crippen LogP contribution in [0.2, 0.25) is 0 Å². The Balaban J connectivity index is 1.72. The van der Waals surface area contributed by atoms with Crippen LogP contribution in [0.3, 0.4) is 0 Å². The molecule has 0 radical (unpaired) electrons. The first-order valence-corrected chi connectivity index (χ1v) is 6.00. The zero-order chi connectivity index (χ0) is 12.7.